The molecule has 0 spiro atoms. The van der Waals surface area contributed by atoms with E-state index in [9.17, 15) is 4.79 Å². The Kier molecular flexibility index (Phi) is 3.24. The van der Waals surface area contributed by atoms with Crippen molar-refractivity contribution in [3.8, 4) is 11.8 Å². The quantitative estimate of drug-likeness (QED) is 0.510. The molecule has 1 N–H and O–H groups in total. The van der Waals surface area contributed by atoms with Crippen LogP contribution in [0.2, 0.25) is 0 Å². The van der Waals surface area contributed by atoms with Crippen LogP contribution in [-0.2, 0) is 11.4 Å². The minimum absolute atomic E-state index is 0.00392. The zero-order valence-electron chi connectivity index (χ0n) is 7.37. The zero-order valence-corrected chi connectivity index (χ0v) is 7.37. The fourth-order valence-corrected chi connectivity index (χ4v) is 1.01. The summed E-state index contributed by atoms with van der Waals surface area (Å²) in [7, 11) is 0. The van der Waals surface area contributed by atoms with Crippen LogP contribution in [0.25, 0.3) is 0 Å². The van der Waals surface area contributed by atoms with Crippen molar-refractivity contribution in [1.82, 2.24) is 0 Å². The summed E-state index contributed by atoms with van der Waals surface area (Å²) >= 11 is 0. The smallest absolute Gasteiger partial charge is 0.193 e. The third-order valence-electron chi connectivity index (χ3n) is 1.75. The van der Waals surface area contributed by atoms with Crippen molar-refractivity contribution < 1.29 is 9.90 Å². The van der Waals surface area contributed by atoms with Crippen LogP contribution in [0.1, 0.15) is 16.7 Å². The number of hydrogen-bond acceptors (Lipinski definition) is 2. The Bertz CT molecular complexity index is 369. The van der Waals surface area contributed by atoms with Crippen molar-refractivity contribution in [2.24, 2.45) is 0 Å². The predicted octanol–water partition coefficient (Wildman–Crippen LogP) is 1.04. The second kappa shape index (κ2) is 4.44. The first kappa shape index (κ1) is 9.50. The van der Waals surface area contributed by atoms with E-state index in [1.165, 1.54) is 0 Å². The topological polar surface area (TPSA) is 37.3 Å². The molecule has 1 rings (SSSR count). The molecule has 0 unspecified atom stereocenters. The number of hydrogen-bond donors (Lipinski definition) is 1. The van der Waals surface area contributed by atoms with Crippen molar-refractivity contribution >= 4 is 6.29 Å². The molecule has 1 aromatic carbocycles. The zero-order chi connectivity index (χ0) is 9.68. The lowest BCUT2D eigenvalue weighted by Gasteiger charge is -2.00. The van der Waals surface area contributed by atoms with Gasteiger partial charge in [-0.1, -0.05) is 18.1 Å². The number of benzene rings is 1. The summed E-state index contributed by atoms with van der Waals surface area (Å²) < 4.78 is 0. The molecule has 13 heavy (non-hydrogen) atoms. The Balaban J connectivity index is 3.10. The number of carbonyl (C=O) groups excluding carboxylic acids is 1. The van der Waals surface area contributed by atoms with Gasteiger partial charge >= 0.3 is 0 Å². The van der Waals surface area contributed by atoms with Gasteiger partial charge in [-0.3, -0.25) is 4.79 Å². The summed E-state index contributed by atoms with van der Waals surface area (Å²) in [5.41, 5.74) is 2.60. The molecule has 2 nitrogen and oxygen atoms in total. The number of aliphatic hydroxyl groups is 1. The summed E-state index contributed by atoms with van der Waals surface area (Å²) in [4.78, 5) is 10.0. The second-order valence-corrected chi connectivity index (χ2v) is 2.69. The van der Waals surface area contributed by atoms with Crippen LogP contribution in [0, 0.1) is 18.8 Å². The van der Waals surface area contributed by atoms with Gasteiger partial charge in [-0.05, 0) is 30.0 Å². The number of aryl methyl sites for hydroxylation is 1. The van der Waals surface area contributed by atoms with Gasteiger partial charge < -0.3 is 5.11 Å². The SMILES string of the molecule is Cc1ccc(CO)cc1C#CC=O. The minimum atomic E-state index is -0.00392. The molecule has 0 amide bonds. The highest BCUT2D eigenvalue weighted by Crippen LogP contribution is 2.09. The summed E-state index contributed by atoms with van der Waals surface area (Å²) in [6.07, 6.45) is 0.561. The molecule has 0 saturated heterocycles. The Morgan fingerprint density at radius 1 is 1.54 bits per heavy atom. The van der Waals surface area contributed by atoms with E-state index in [1.54, 1.807) is 6.07 Å². The first-order valence-corrected chi connectivity index (χ1v) is 3.93. The molecular formula is C11H10O2. The lowest BCUT2D eigenvalue weighted by molar-refractivity contribution is -0.103. The fraction of sp³-hybridized carbons (Fsp3) is 0.182. The molecule has 0 aliphatic carbocycles. The fourth-order valence-electron chi connectivity index (χ4n) is 1.01. The van der Waals surface area contributed by atoms with Crippen LogP contribution in [0.3, 0.4) is 0 Å². The largest absolute Gasteiger partial charge is 0.392 e. The summed E-state index contributed by atoms with van der Waals surface area (Å²) in [5.74, 6) is 5.05. The van der Waals surface area contributed by atoms with Gasteiger partial charge in [0.25, 0.3) is 0 Å². The van der Waals surface area contributed by atoms with Gasteiger partial charge in [0.1, 0.15) is 0 Å². The van der Waals surface area contributed by atoms with E-state index in [0.29, 0.717) is 6.29 Å². The predicted molar refractivity (Wildman–Crippen MR) is 50.0 cm³/mol. The molecule has 0 radical (unpaired) electrons. The molecule has 2 heteroatoms. The van der Waals surface area contributed by atoms with E-state index >= 15 is 0 Å². The third-order valence-corrected chi connectivity index (χ3v) is 1.75. The monoisotopic (exact) mass is 174 g/mol. The Hall–Kier alpha value is -1.59. The van der Waals surface area contributed by atoms with Crippen LogP contribution in [0.4, 0.5) is 0 Å². The van der Waals surface area contributed by atoms with Gasteiger partial charge in [0.2, 0.25) is 0 Å². The maximum absolute atomic E-state index is 10.0. The normalized spacial score (nSPS) is 8.77. The van der Waals surface area contributed by atoms with Crippen molar-refractivity contribution in [2.75, 3.05) is 0 Å². The highest BCUT2D eigenvalue weighted by atomic mass is 16.3. The van der Waals surface area contributed by atoms with Crippen LogP contribution in [-0.4, -0.2) is 11.4 Å². The van der Waals surface area contributed by atoms with Gasteiger partial charge in [0.05, 0.1) is 6.61 Å². The molecule has 0 heterocycles. The van der Waals surface area contributed by atoms with Crippen LogP contribution < -0.4 is 0 Å². The van der Waals surface area contributed by atoms with Gasteiger partial charge in [-0.25, -0.2) is 0 Å². The summed E-state index contributed by atoms with van der Waals surface area (Å²) in [6.45, 7) is 1.91. The lowest BCUT2D eigenvalue weighted by Crippen LogP contribution is -1.87. The lowest BCUT2D eigenvalue weighted by atomic mass is 10.1. The van der Waals surface area contributed by atoms with Crippen LogP contribution >= 0.6 is 0 Å². The molecule has 1 aromatic rings. The van der Waals surface area contributed by atoms with Crippen molar-refractivity contribution in [2.45, 2.75) is 13.5 Å². The molecule has 0 fully saturated rings. The minimum Gasteiger partial charge on any atom is -0.392 e. The van der Waals surface area contributed by atoms with Crippen molar-refractivity contribution in [3.63, 3.8) is 0 Å². The van der Waals surface area contributed by atoms with Gasteiger partial charge in [0, 0.05) is 5.56 Å². The Labute approximate surface area is 77.2 Å². The van der Waals surface area contributed by atoms with E-state index in [0.717, 1.165) is 16.7 Å². The highest BCUT2D eigenvalue weighted by molar-refractivity contribution is 5.74. The number of rotatable bonds is 1. The molecule has 66 valence electrons. The molecule has 0 aromatic heterocycles. The Morgan fingerprint density at radius 3 is 2.92 bits per heavy atom. The molecule has 0 bridgehead atoms. The highest BCUT2D eigenvalue weighted by Gasteiger charge is 1.96. The summed E-state index contributed by atoms with van der Waals surface area (Å²) in [5, 5.41) is 8.86. The van der Waals surface area contributed by atoms with Crippen LogP contribution in [0.15, 0.2) is 18.2 Å². The van der Waals surface area contributed by atoms with E-state index in [4.69, 9.17) is 5.11 Å². The first-order chi connectivity index (χ1) is 6.27. The summed E-state index contributed by atoms with van der Waals surface area (Å²) in [6, 6.07) is 5.49. The van der Waals surface area contributed by atoms with Gasteiger partial charge in [-0.15, -0.1) is 0 Å². The molecular weight excluding hydrogens is 164 g/mol. The second-order valence-electron chi connectivity index (χ2n) is 2.69. The maximum atomic E-state index is 10.0. The number of carbonyl (C=O) groups is 1. The van der Waals surface area contributed by atoms with Crippen LogP contribution in [0.5, 0.6) is 0 Å². The maximum Gasteiger partial charge on any atom is 0.193 e. The van der Waals surface area contributed by atoms with Gasteiger partial charge in [0.15, 0.2) is 6.29 Å². The Morgan fingerprint density at radius 2 is 2.31 bits per heavy atom. The van der Waals surface area contributed by atoms with Gasteiger partial charge in [-0.2, -0.15) is 0 Å². The molecule has 0 saturated carbocycles. The first-order valence-electron chi connectivity index (χ1n) is 3.93. The van der Waals surface area contributed by atoms with E-state index < -0.39 is 0 Å². The molecule has 0 aliphatic heterocycles. The third kappa shape index (κ3) is 2.43. The average molecular weight is 174 g/mol. The molecule has 0 atom stereocenters. The average Bonchev–Trinajstić information content (AvgIpc) is 2.17. The standard InChI is InChI=1S/C11H10O2/c1-9-4-5-10(8-13)7-11(9)3-2-6-12/h4-7,13H,8H2,1H3. The van der Waals surface area contributed by atoms with Crippen molar-refractivity contribution in [1.29, 1.82) is 0 Å². The van der Waals surface area contributed by atoms with E-state index in [1.807, 2.05) is 19.1 Å². The number of aliphatic hydroxyl groups excluding tert-OH is 1. The number of aldehydes is 1. The molecule has 0 aliphatic rings. The van der Waals surface area contributed by atoms with E-state index in [-0.39, 0.29) is 6.61 Å². The van der Waals surface area contributed by atoms with Crippen molar-refractivity contribution in [3.05, 3.63) is 34.9 Å². The van der Waals surface area contributed by atoms with E-state index in [2.05, 4.69) is 11.8 Å².